The zero-order valence-corrected chi connectivity index (χ0v) is 6.38. The van der Waals surface area contributed by atoms with E-state index in [9.17, 15) is 9.90 Å². The molecular formula is C7H11O5-. The van der Waals surface area contributed by atoms with E-state index >= 15 is 0 Å². The summed E-state index contributed by atoms with van der Waals surface area (Å²) in [6.07, 6.45) is -3.69. The Morgan fingerprint density at radius 2 is 1.58 bits per heavy atom. The molecule has 70 valence electrons. The number of carbonyl (C=O) groups excluding carboxylic acids is 1. The van der Waals surface area contributed by atoms with Gasteiger partial charge in [-0.2, -0.15) is 0 Å². The molecule has 2 atom stereocenters. The fraction of sp³-hybridized carbons (Fsp3) is 0.857. The molecule has 0 aromatic rings. The molecule has 0 aromatic carbocycles. The topological polar surface area (TPSA) is 101 Å². The zero-order chi connectivity index (χ0) is 9.30. The highest BCUT2D eigenvalue weighted by Gasteiger charge is 2.34. The second-order valence-electron chi connectivity index (χ2n) is 3.11. The van der Waals surface area contributed by atoms with Gasteiger partial charge in [0.05, 0.1) is 12.2 Å². The summed E-state index contributed by atoms with van der Waals surface area (Å²) in [5.74, 6) is -2.15. The van der Waals surface area contributed by atoms with Crippen molar-refractivity contribution in [2.24, 2.45) is 5.92 Å². The van der Waals surface area contributed by atoms with Crippen LogP contribution < -0.4 is 5.11 Å². The van der Waals surface area contributed by atoms with Crippen molar-refractivity contribution in [3.05, 3.63) is 0 Å². The van der Waals surface area contributed by atoms with Gasteiger partial charge in [-0.3, -0.25) is 0 Å². The van der Waals surface area contributed by atoms with Gasteiger partial charge in [0.25, 0.3) is 0 Å². The van der Waals surface area contributed by atoms with E-state index in [1.807, 2.05) is 0 Å². The molecule has 1 fully saturated rings. The molecule has 1 aliphatic carbocycles. The van der Waals surface area contributed by atoms with E-state index in [0.29, 0.717) is 0 Å². The van der Waals surface area contributed by atoms with Crippen LogP contribution in [-0.2, 0) is 4.79 Å². The third-order valence-corrected chi connectivity index (χ3v) is 2.17. The van der Waals surface area contributed by atoms with Crippen molar-refractivity contribution in [3.63, 3.8) is 0 Å². The van der Waals surface area contributed by atoms with Crippen LogP contribution in [0.2, 0.25) is 0 Å². The Hall–Kier alpha value is -0.650. The lowest BCUT2D eigenvalue weighted by Gasteiger charge is -2.34. The molecule has 12 heavy (non-hydrogen) atoms. The Balaban J connectivity index is 2.59. The van der Waals surface area contributed by atoms with Crippen molar-refractivity contribution in [2.45, 2.75) is 31.2 Å². The smallest absolute Gasteiger partial charge is 0.106 e. The highest BCUT2D eigenvalue weighted by atomic mass is 16.4. The van der Waals surface area contributed by atoms with Gasteiger partial charge in [-0.05, 0) is 12.8 Å². The van der Waals surface area contributed by atoms with Crippen molar-refractivity contribution >= 4 is 5.97 Å². The van der Waals surface area contributed by atoms with Crippen LogP contribution >= 0.6 is 0 Å². The summed E-state index contributed by atoms with van der Waals surface area (Å²) in [4.78, 5) is 10.3. The van der Waals surface area contributed by atoms with Crippen molar-refractivity contribution in [3.8, 4) is 0 Å². The summed E-state index contributed by atoms with van der Waals surface area (Å²) >= 11 is 0. The Labute approximate surface area is 69.3 Å². The molecule has 1 saturated carbocycles. The van der Waals surface area contributed by atoms with E-state index in [4.69, 9.17) is 15.3 Å². The number of aliphatic hydroxyl groups is 3. The predicted octanol–water partition coefficient (Wildman–Crippen LogP) is -2.77. The predicted molar refractivity (Wildman–Crippen MR) is 35.8 cm³/mol. The van der Waals surface area contributed by atoms with Gasteiger partial charge in [-0.1, -0.05) is 0 Å². The van der Waals surface area contributed by atoms with E-state index < -0.39 is 30.2 Å². The third kappa shape index (κ3) is 1.74. The standard InChI is InChI=1S/C7H12O5/c8-4-1-3(7(11)12)2-5(9)6(4)10/h3-6,8-10H,1-2H2,(H,11,12)/p-1. The summed E-state index contributed by atoms with van der Waals surface area (Å²) in [6.45, 7) is 0. The molecule has 0 amide bonds. The van der Waals surface area contributed by atoms with Crippen LogP contribution in [-0.4, -0.2) is 39.6 Å². The highest BCUT2D eigenvalue weighted by Crippen LogP contribution is 2.24. The molecule has 0 aromatic heterocycles. The second kappa shape index (κ2) is 3.38. The lowest BCUT2D eigenvalue weighted by Crippen LogP contribution is -2.48. The summed E-state index contributed by atoms with van der Waals surface area (Å²) in [6, 6.07) is 0. The monoisotopic (exact) mass is 175 g/mol. The molecule has 5 nitrogen and oxygen atoms in total. The molecule has 3 N–H and O–H groups in total. The van der Waals surface area contributed by atoms with Gasteiger partial charge in [0.1, 0.15) is 6.10 Å². The van der Waals surface area contributed by atoms with Crippen LogP contribution in [0.4, 0.5) is 0 Å². The minimum atomic E-state index is -1.29. The number of aliphatic hydroxyl groups excluding tert-OH is 3. The van der Waals surface area contributed by atoms with E-state index in [2.05, 4.69) is 0 Å². The van der Waals surface area contributed by atoms with Gasteiger partial charge in [0.15, 0.2) is 0 Å². The van der Waals surface area contributed by atoms with Crippen LogP contribution in [0.25, 0.3) is 0 Å². The molecule has 0 bridgehead atoms. The first-order valence-corrected chi connectivity index (χ1v) is 3.77. The lowest BCUT2D eigenvalue weighted by atomic mass is 9.83. The van der Waals surface area contributed by atoms with Crippen LogP contribution in [0.15, 0.2) is 0 Å². The van der Waals surface area contributed by atoms with Gasteiger partial charge in [0.2, 0.25) is 0 Å². The molecule has 0 saturated heterocycles. The number of hydrogen-bond donors (Lipinski definition) is 3. The van der Waals surface area contributed by atoms with Gasteiger partial charge in [0, 0.05) is 11.9 Å². The summed E-state index contributed by atoms with van der Waals surface area (Å²) in [5.41, 5.74) is 0. The van der Waals surface area contributed by atoms with Crippen LogP contribution in [0.5, 0.6) is 0 Å². The number of carbonyl (C=O) groups is 1. The van der Waals surface area contributed by atoms with E-state index in [0.717, 1.165) is 0 Å². The largest absolute Gasteiger partial charge is 0.550 e. The first-order chi connectivity index (χ1) is 5.52. The quantitative estimate of drug-likeness (QED) is 0.400. The molecule has 1 rings (SSSR count). The Morgan fingerprint density at radius 3 is 1.92 bits per heavy atom. The number of rotatable bonds is 1. The average Bonchev–Trinajstić information content (AvgIpc) is 1.99. The highest BCUT2D eigenvalue weighted by molar-refractivity contribution is 5.67. The SMILES string of the molecule is O=C([O-])C1CC(O)C(O)C(O)C1. The lowest BCUT2D eigenvalue weighted by molar-refractivity contribution is -0.315. The molecule has 5 heteroatoms. The Kier molecular flexibility index (Phi) is 2.66. The second-order valence-corrected chi connectivity index (χ2v) is 3.11. The first kappa shape index (κ1) is 9.44. The maximum atomic E-state index is 10.3. The average molecular weight is 175 g/mol. The molecule has 0 heterocycles. The van der Waals surface area contributed by atoms with E-state index in [-0.39, 0.29) is 12.8 Å². The van der Waals surface area contributed by atoms with E-state index in [1.165, 1.54) is 0 Å². The summed E-state index contributed by atoms with van der Waals surface area (Å²) in [7, 11) is 0. The normalized spacial score (nSPS) is 42.6. The minimum Gasteiger partial charge on any atom is -0.550 e. The van der Waals surface area contributed by atoms with Gasteiger partial charge < -0.3 is 25.2 Å². The molecule has 0 radical (unpaired) electrons. The number of hydrogen-bond acceptors (Lipinski definition) is 5. The fourth-order valence-electron chi connectivity index (χ4n) is 1.41. The first-order valence-electron chi connectivity index (χ1n) is 3.77. The Bertz CT molecular complexity index is 169. The van der Waals surface area contributed by atoms with Crippen LogP contribution in [0, 0.1) is 5.92 Å². The molecule has 0 spiro atoms. The molecule has 1 aliphatic rings. The van der Waals surface area contributed by atoms with Crippen LogP contribution in [0.1, 0.15) is 12.8 Å². The summed E-state index contributed by atoms with van der Waals surface area (Å²) < 4.78 is 0. The minimum absolute atomic E-state index is 0.0550. The van der Waals surface area contributed by atoms with Crippen LogP contribution in [0.3, 0.4) is 0 Å². The third-order valence-electron chi connectivity index (χ3n) is 2.17. The van der Waals surface area contributed by atoms with Gasteiger partial charge in [-0.15, -0.1) is 0 Å². The Morgan fingerprint density at radius 1 is 1.17 bits per heavy atom. The van der Waals surface area contributed by atoms with Gasteiger partial charge >= 0.3 is 0 Å². The fourth-order valence-corrected chi connectivity index (χ4v) is 1.41. The zero-order valence-electron chi connectivity index (χ0n) is 6.38. The molecular weight excluding hydrogens is 164 g/mol. The number of carboxylic acid groups (broad SMARTS) is 1. The van der Waals surface area contributed by atoms with Crippen molar-refractivity contribution in [1.29, 1.82) is 0 Å². The van der Waals surface area contributed by atoms with Crippen molar-refractivity contribution < 1.29 is 25.2 Å². The molecule has 2 unspecified atom stereocenters. The maximum Gasteiger partial charge on any atom is 0.106 e. The number of carboxylic acids is 1. The van der Waals surface area contributed by atoms with Crippen molar-refractivity contribution in [1.82, 2.24) is 0 Å². The summed E-state index contributed by atoms with van der Waals surface area (Å²) in [5, 5.41) is 37.5. The molecule has 0 aliphatic heterocycles. The number of aliphatic carboxylic acids is 1. The van der Waals surface area contributed by atoms with E-state index in [1.54, 1.807) is 0 Å². The maximum absolute atomic E-state index is 10.3. The van der Waals surface area contributed by atoms with Gasteiger partial charge in [-0.25, -0.2) is 0 Å². The van der Waals surface area contributed by atoms with Crippen molar-refractivity contribution in [2.75, 3.05) is 0 Å².